The first kappa shape index (κ1) is 11.6. The lowest BCUT2D eigenvalue weighted by Gasteiger charge is -1.98. The molecule has 0 unspecified atom stereocenters. The summed E-state index contributed by atoms with van der Waals surface area (Å²) in [5.41, 5.74) is 0. The van der Waals surface area contributed by atoms with Crippen molar-refractivity contribution in [2.24, 2.45) is 0 Å². The molecule has 0 saturated carbocycles. The molecule has 0 aromatic heterocycles. The maximum atomic E-state index is 6.64. The van der Waals surface area contributed by atoms with Gasteiger partial charge in [-0.3, -0.25) is 0 Å². The van der Waals surface area contributed by atoms with Gasteiger partial charge < -0.3 is 0 Å². The number of hydrogen-bond acceptors (Lipinski definition) is 0. The predicted octanol–water partition coefficient (Wildman–Crippen LogP) is 3.52. The van der Waals surface area contributed by atoms with Crippen molar-refractivity contribution in [3.05, 3.63) is 22.8 Å². The molecule has 0 aliphatic carbocycles. The summed E-state index contributed by atoms with van der Waals surface area (Å²) in [6.45, 7) is 13.3. The van der Waals surface area contributed by atoms with Crippen LogP contribution >= 0.6 is 23.2 Å². The molecule has 0 rings (SSSR count). The van der Waals surface area contributed by atoms with E-state index in [1.807, 2.05) is 0 Å². The Bertz CT molecular complexity index is 176. The lowest BCUT2D eigenvalue weighted by Crippen LogP contribution is -1.95. The first-order valence-electron chi connectivity index (χ1n) is 3.72. The molecule has 0 amide bonds. The number of rotatable bonds is 5. The molecule has 0 spiro atoms. The normalized spacial score (nSPS) is 9.83. The Hall–Kier alpha value is -0.440. The maximum Gasteiger partial charge on any atom is 0.474 e. The third-order valence-corrected chi connectivity index (χ3v) is 1.87. The molecule has 4 heteroatoms. The SMILES string of the molecule is [C-]#[N+]C(CCCCC(Cl)Cl)[N+]#[C-]. The number of halogens is 2. The van der Waals surface area contributed by atoms with E-state index in [-0.39, 0.29) is 4.84 Å². The van der Waals surface area contributed by atoms with Gasteiger partial charge in [-0.25, -0.2) is 22.8 Å². The van der Waals surface area contributed by atoms with E-state index in [1.54, 1.807) is 0 Å². The molecular weight excluding hydrogens is 195 g/mol. The standard InChI is InChI=1S/C8H10Cl2N2/c1-11-8(12-2)6-4-3-5-7(9)10/h7-8H,3-6H2. The van der Waals surface area contributed by atoms with Gasteiger partial charge in [-0.2, -0.15) is 0 Å². The summed E-state index contributed by atoms with van der Waals surface area (Å²) in [5.74, 6) is 0. The zero-order valence-corrected chi connectivity index (χ0v) is 8.15. The van der Waals surface area contributed by atoms with Crippen molar-refractivity contribution in [1.29, 1.82) is 0 Å². The van der Waals surface area contributed by atoms with Crippen LogP contribution in [0, 0.1) is 13.1 Å². The summed E-state index contributed by atoms with van der Waals surface area (Å²) in [6, 6.07) is 0. The van der Waals surface area contributed by atoms with Crippen LogP contribution in [0.2, 0.25) is 0 Å². The molecule has 0 saturated heterocycles. The molecule has 0 aromatic carbocycles. The van der Waals surface area contributed by atoms with Crippen molar-refractivity contribution in [1.82, 2.24) is 0 Å². The predicted molar refractivity (Wildman–Crippen MR) is 51.0 cm³/mol. The number of unbranched alkanes of at least 4 members (excludes halogenated alkanes) is 1. The van der Waals surface area contributed by atoms with Crippen LogP contribution in [0.1, 0.15) is 25.7 Å². The molecule has 0 atom stereocenters. The molecule has 0 aliphatic rings. The lowest BCUT2D eigenvalue weighted by atomic mass is 10.2. The van der Waals surface area contributed by atoms with E-state index in [9.17, 15) is 0 Å². The van der Waals surface area contributed by atoms with Crippen LogP contribution in [0.5, 0.6) is 0 Å². The van der Waals surface area contributed by atoms with E-state index in [0.717, 1.165) is 19.3 Å². The monoisotopic (exact) mass is 204 g/mol. The summed E-state index contributed by atoms with van der Waals surface area (Å²) in [4.78, 5) is 5.99. The van der Waals surface area contributed by atoms with Crippen LogP contribution in [0.25, 0.3) is 9.69 Å². The van der Waals surface area contributed by atoms with Gasteiger partial charge in [0.05, 0.1) is 0 Å². The van der Waals surface area contributed by atoms with Crippen LogP contribution in [-0.4, -0.2) is 11.0 Å². The average molecular weight is 205 g/mol. The molecule has 0 aromatic rings. The van der Waals surface area contributed by atoms with E-state index in [2.05, 4.69) is 9.69 Å². The lowest BCUT2D eigenvalue weighted by molar-refractivity contribution is 0.649. The van der Waals surface area contributed by atoms with Crippen molar-refractivity contribution in [2.75, 3.05) is 0 Å². The van der Waals surface area contributed by atoms with Gasteiger partial charge in [0.1, 0.15) is 11.3 Å². The molecule has 0 aliphatic heterocycles. The second-order valence-corrected chi connectivity index (χ2v) is 3.69. The minimum absolute atomic E-state index is 0.315. The first-order valence-corrected chi connectivity index (χ1v) is 4.59. The van der Waals surface area contributed by atoms with Crippen LogP contribution in [-0.2, 0) is 0 Å². The number of hydrogen-bond donors (Lipinski definition) is 0. The Balaban J connectivity index is 3.33. The molecule has 0 N–H and O–H groups in total. The van der Waals surface area contributed by atoms with Gasteiger partial charge in [-0.1, -0.05) is 6.42 Å². The highest BCUT2D eigenvalue weighted by Gasteiger charge is 2.13. The fourth-order valence-corrected chi connectivity index (χ4v) is 1.09. The number of nitrogens with zero attached hydrogens (tertiary/aromatic N) is 2. The Kier molecular flexibility index (Phi) is 6.96. The molecule has 0 bridgehead atoms. The van der Waals surface area contributed by atoms with Gasteiger partial charge in [0, 0.05) is 0 Å². The van der Waals surface area contributed by atoms with Crippen LogP contribution in [0.15, 0.2) is 0 Å². The zero-order chi connectivity index (χ0) is 9.40. The van der Waals surface area contributed by atoms with Crippen molar-refractivity contribution < 1.29 is 0 Å². The Labute approximate surface area is 83.1 Å². The molecular formula is C8H10Cl2N2. The van der Waals surface area contributed by atoms with Crippen molar-refractivity contribution in [2.45, 2.75) is 36.7 Å². The summed E-state index contributed by atoms with van der Waals surface area (Å²) in [6.07, 6.45) is 2.61. The fourth-order valence-electron chi connectivity index (χ4n) is 0.784. The van der Waals surface area contributed by atoms with E-state index >= 15 is 0 Å². The summed E-state index contributed by atoms with van der Waals surface area (Å²) < 4.78 is 0. The van der Waals surface area contributed by atoms with E-state index in [4.69, 9.17) is 36.3 Å². The third-order valence-electron chi connectivity index (χ3n) is 1.43. The number of alkyl halides is 2. The quantitative estimate of drug-likeness (QED) is 0.369. The van der Waals surface area contributed by atoms with Gasteiger partial charge in [-0.05, 0) is 12.8 Å². The fraction of sp³-hybridized carbons (Fsp3) is 0.750. The zero-order valence-electron chi connectivity index (χ0n) is 6.63. The highest BCUT2D eigenvalue weighted by Crippen LogP contribution is 2.14. The average Bonchev–Trinajstić information content (AvgIpc) is 2.04. The highest BCUT2D eigenvalue weighted by molar-refractivity contribution is 6.44. The van der Waals surface area contributed by atoms with Gasteiger partial charge in [0.15, 0.2) is 0 Å². The second kappa shape index (κ2) is 7.22. The topological polar surface area (TPSA) is 8.72 Å². The van der Waals surface area contributed by atoms with E-state index < -0.39 is 6.17 Å². The highest BCUT2D eigenvalue weighted by atomic mass is 35.5. The van der Waals surface area contributed by atoms with Crippen LogP contribution < -0.4 is 0 Å². The Morgan fingerprint density at radius 3 is 1.92 bits per heavy atom. The summed E-state index contributed by atoms with van der Waals surface area (Å²) >= 11 is 11.0. The van der Waals surface area contributed by atoms with Gasteiger partial charge in [0.2, 0.25) is 0 Å². The molecule has 2 nitrogen and oxygen atoms in total. The maximum absolute atomic E-state index is 6.64. The van der Waals surface area contributed by atoms with Gasteiger partial charge in [0.25, 0.3) is 0 Å². The van der Waals surface area contributed by atoms with Crippen LogP contribution in [0.3, 0.4) is 0 Å². The molecule has 12 heavy (non-hydrogen) atoms. The third kappa shape index (κ3) is 6.28. The largest absolute Gasteiger partial charge is 0.474 e. The summed E-state index contributed by atoms with van der Waals surface area (Å²) in [5, 5.41) is 0. The molecule has 0 radical (unpaired) electrons. The second-order valence-electron chi connectivity index (χ2n) is 2.41. The van der Waals surface area contributed by atoms with Crippen molar-refractivity contribution in [3.8, 4) is 0 Å². The first-order chi connectivity index (χ1) is 5.70. The smallest absolute Gasteiger partial charge is 0.233 e. The minimum atomic E-state index is -0.505. The summed E-state index contributed by atoms with van der Waals surface area (Å²) in [7, 11) is 0. The van der Waals surface area contributed by atoms with E-state index in [1.165, 1.54) is 0 Å². The molecule has 66 valence electrons. The van der Waals surface area contributed by atoms with Crippen molar-refractivity contribution >= 4 is 23.2 Å². The Morgan fingerprint density at radius 1 is 1.00 bits per heavy atom. The van der Waals surface area contributed by atoms with Crippen molar-refractivity contribution in [3.63, 3.8) is 0 Å². The molecule has 0 fully saturated rings. The van der Waals surface area contributed by atoms with E-state index in [0.29, 0.717) is 6.42 Å². The Morgan fingerprint density at radius 2 is 1.50 bits per heavy atom. The van der Waals surface area contributed by atoms with Crippen LogP contribution in [0.4, 0.5) is 0 Å². The van der Waals surface area contributed by atoms with Gasteiger partial charge in [-0.15, -0.1) is 23.2 Å². The molecule has 0 heterocycles. The minimum Gasteiger partial charge on any atom is -0.233 e. The van der Waals surface area contributed by atoms with Gasteiger partial charge >= 0.3 is 6.17 Å².